The number of nitrogens with one attached hydrogen (secondary N) is 2. The van der Waals surface area contributed by atoms with Crippen molar-refractivity contribution >= 4 is 36.0 Å². The van der Waals surface area contributed by atoms with E-state index in [1.54, 1.807) is 36.2 Å². The van der Waals surface area contributed by atoms with E-state index in [1.807, 2.05) is 20.8 Å². The Morgan fingerprint density at radius 2 is 1.88 bits per heavy atom. The Labute approximate surface area is 148 Å². The maximum atomic E-state index is 12.4. The van der Waals surface area contributed by atoms with Crippen LogP contribution in [0.5, 0.6) is 0 Å². The first-order valence-corrected chi connectivity index (χ1v) is 11.4. The third kappa shape index (κ3) is 6.30. The van der Waals surface area contributed by atoms with E-state index in [0.717, 1.165) is 12.2 Å². The minimum atomic E-state index is -2.69. The third-order valence-corrected chi connectivity index (χ3v) is 7.88. The second kappa shape index (κ2) is 10.5. The molecule has 134 valence electrons. The Kier molecular flexibility index (Phi) is 9.11. The quantitative estimate of drug-likeness (QED) is 0.371. The zero-order valence-corrected chi connectivity index (χ0v) is 16.5. The molecule has 1 aromatic rings. The molecule has 0 bridgehead atoms. The number of hydrogen-bond donors (Lipinski definition) is 2. The summed E-state index contributed by atoms with van der Waals surface area (Å²) in [6.45, 7) is 4.65. The van der Waals surface area contributed by atoms with Gasteiger partial charge in [-0.2, -0.15) is 0 Å². The zero-order chi connectivity index (χ0) is 18.0. The zero-order valence-electron chi connectivity index (χ0n) is 14.8. The summed E-state index contributed by atoms with van der Waals surface area (Å²) in [7, 11) is 1.66. The molecule has 2 N–H and O–H groups in total. The maximum Gasteiger partial charge on any atom is 0.290 e. The third-order valence-electron chi connectivity index (χ3n) is 3.38. The van der Waals surface area contributed by atoms with Crippen LogP contribution in [0.15, 0.2) is 29.3 Å². The van der Waals surface area contributed by atoms with Gasteiger partial charge in [-0.15, -0.1) is 0 Å². The van der Waals surface area contributed by atoms with Crippen LogP contribution in [0.25, 0.3) is 0 Å². The highest BCUT2D eigenvalue weighted by Crippen LogP contribution is 2.49. The molecule has 0 saturated heterocycles. The first-order valence-electron chi connectivity index (χ1n) is 8.12. The Morgan fingerprint density at radius 3 is 2.38 bits per heavy atom. The molecule has 0 spiro atoms. The van der Waals surface area contributed by atoms with Gasteiger partial charge in [0.1, 0.15) is 0 Å². The molecule has 1 aromatic carbocycles. The van der Waals surface area contributed by atoms with Crippen molar-refractivity contribution in [1.82, 2.24) is 15.1 Å². The van der Waals surface area contributed by atoms with E-state index >= 15 is 0 Å². The van der Waals surface area contributed by atoms with Gasteiger partial charge in [-0.1, -0.05) is 18.3 Å². The van der Waals surface area contributed by atoms with Crippen molar-refractivity contribution in [3.63, 3.8) is 0 Å². The van der Waals surface area contributed by atoms with E-state index < -0.39 is 6.65 Å². The van der Waals surface area contributed by atoms with Gasteiger partial charge in [0.15, 0.2) is 0 Å². The predicted octanol–water partition coefficient (Wildman–Crippen LogP) is 3.89. The second-order valence-corrected chi connectivity index (χ2v) is 9.81. The van der Waals surface area contributed by atoms with E-state index in [2.05, 4.69) is 15.2 Å². The Hall–Kier alpha value is -1.30. The number of amides is 1. The lowest BCUT2D eigenvalue weighted by atomic mass is 10.2. The number of hydrogen-bond acceptors (Lipinski definition) is 4. The number of nitrogens with zero attached hydrogens (tertiary/aromatic N) is 2. The van der Waals surface area contributed by atoms with Crippen LogP contribution in [0.2, 0.25) is 0 Å². The Bertz CT molecular complexity index is 588. The van der Waals surface area contributed by atoms with E-state index in [-0.39, 0.29) is 5.91 Å². The highest BCUT2D eigenvalue weighted by molar-refractivity contribution is 8.57. The second-order valence-electron chi connectivity index (χ2n) is 5.02. The summed E-state index contributed by atoms with van der Waals surface area (Å²) >= 11 is 1.37. The lowest BCUT2D eigenvalue weighted by Gasteiger charge is -2.18. The standard InChI is InChI=1S/C16H27N4O2PS/c1-5-12-24-23(22,17-4)19-13-18-15-10-8-14(9-11-15)16(21)20(6-2)7-3/h8-11,13H,5-7,12H2,1-4H3,(H2,17,18,19,22). The van der Waals surface area contributed by atoms with Crippen molar-refractivity contribution in [3.05, 3.63) is 29.8 Å². The average molecular weight is 370 g/mol. The van der Waals surface area contributed by atoms with Gasteiger partial charge in [0.05, 0.1) is 12.0 Å². The molecule has 1 amide bonds. The van der Waals surface area contributed by atoms with Crippen molar-refractivity contribution in [2.24, 2.45) is 4.99 Å². The van der Waals surface area contributed by atoms with Gasteiger partial charge in [0.25, 0.3) is 12.6 Å². The molecule has 24 heavy (non-hydrogen) atoms. The van der Waals surface area contributed by atoms with Gasteiger partial charge >= 0.3 is 0 Å². The summed E-state index contributed by atoms with van der Waals surface area (Å²) in [4.78, 5) is 18.2. The molecule has 8 heteroatoms. The SMILES string of the molecule is CCCSP(=O)(NC)NC=Nc1ccc(C(=O)N(CC)CC)cc1. The molecule has 0 aliphatic carbocycles. The van der Waals surface area contributed by atoms with Crippen LogP contribution in [0, 0.1) is 0 Å². The fourth-order valence-corrected chi connectivity index (χ4v) is 5.00. The smallest absolute Gasteiger partial charge is 0.290 e. The van der Waals surface area contributed by atoms with Crippen LogP contribution in [-0.2, 0) is 4.57 Å². The van der Waals surface area contributed by atoms with Gasteiger partial charge in [0.2, 0.25) is 0 Å². The highest BCUT2D eigenvalue weighted by Gasteiger charge is 2.17. The molecule has 0 aliphatic heterocycles. The van der Waals surface area contributed by atoms with E-state index in [1.165, 1.54) is 17.7 Å². The minimum absolute atomic E-state index is 0.0179. The first-order chi connectivity index (χ1) is 11.5. The largest absolute Gasteiger partial charge is 0.339 e. The topological polar surface area (TPSA) is 73.8 Å². The van der Waals surface area contributed by atoms with E-state index in [4.69, 9.17) is 0 Å². The Balaban J connectivity index is 2.70. The van der Waals surface area contributed by atoms with Gasteiger partial charge in [-0.25, -0.2) is 10.1 Å². The molecule has 0 aliphatic rings. The number of benzene rings is 1. The predicted molar refractivity (Wildman–Crippen MR) is 104 cm³/mol. The molecule has 0 fully saturated rings. The van der Waals surface area contributed by atoms with Gasteiger partial charge in [-0.3, -0.25) is 9.36 Å². The summed E-state index contributed by atoms with van der Waals surface area (Å²) in [6, 6.07) is 7.07. The number of carbonyl (C=O) groups excluding carboxylic acids is 1. The van der Waals surface area contributed by atoms with Gasteiger partial charge in [0, 0.05) is 24.4 Å². The summed E-state index contributed by atoms with van der Waals surface area (Å²) < 4.78 is 12.4. The van der Waals surface area contributed by atoms with Crippen LogP contribution in [-0.4, -0.2) is 43.0 Å². The summed E-state index contributed by atoms with van der Waals surface area (Å²) in [5, 5.41) is 5.66. The highest BCUT2D eigenvalue weighted by atomic mass is 32.7. The van der Waals surface area contributed by atoms with Crippen LogP contribution in [0.3, 0.4) is 0 Å². The van der Waals surface area contributed by atoms with Crippen molar-refractivity contribution in [2.45, 2.75) is 27.2 Å². The summed E-state index contributed by atoms with van der Waals surface area (Å²) in [5.74, 6) is 0.825. The molecule has 0 radical (unpaired) electrons. The lowest BCUT2D eigenvalue weighted by molar-refractivity contribution is 0.0773. The molecule has 1 rings (SSSR count). The molecular formula is C16H27N4O2PS. The Morgan fingerprint density at radius 1 is 1.25 bits per heavy atom. The van der Waals surface area contributed by atoms with Crippen molar-refractivity contribution in [1.29, 1.82) is 0 Å². The average Bonchev–Trinajstić information content (AvgIpc) is 2.61. The lowest BCUT2D eigenvalue weighted by Crippen LogP contribution is -2.30. The van der Waals surface area contributed by atoms with Crippen molar-refractivity contribution in [3.8, 4) is 0 Å². The van der Waals surface area contributed by atoms with E-state index in [0.29, 0.717) is 24.3 Å². The molecular weight excluding hydrogens is 343 g/mol. The van der Waals surface area contributed by atoms with Crippen molar-refractivity contribution in [2.75, 3.05) is 25.9 Å². The first kappa shape index (κ1) is 20.7. The van der Waals surface area contributed by atoms with Crippen LogP contribution in [0.1, 0.15) is 37.6 Å². The normalized spacial score (nSPS) is 13.7. The van der Waals surface area contributed by atoms with Gasteiger partial charge in [-0.05, 0) is 51.6 Å². The number of rotatable bonds is 10. The fourth-order valence-electron chi connectivity index (χ4n) is 1.95. The monoisotopic (exact) mass is 370 g/mol. The molecule has 0 heterocycles. The maximum absolute atomic E-state index is 12.4. The van der Waals surface area contributed by atoms with Crippen LogP contribution >= 0.6 is 18.0 Å². The van der Waals surface area contributed by atoms with Gasteiger partial charge < -0.3 is 9.99 Å². The molecule has 1 atom stereocenters. The number of aliphatic imine (C=N–C) groups is 1. The minimum Gasteiger partial charge on any atom is -0.339 e. The summed E-state index contributed by atoms with van der Waals surface area (Å²) in [5.41, 5.74) is 1.34. The molecule has 0 aromatic heterocycles. The molecule has 1 unspecified atom stereocenters. The number of carbonyl (C=O) groups is 1. The summed E-state index contributed by atoms with van der Waals surface area (Å²) in [6.07, 6.45) is 2.40. The van der Waals surface area contributed by atoms with E-state index in [9.17, 15) is 9.36 Å². The van der Waals surface area contributed by atoms with Crippen LogP contribution in [0.4, 0.5) is 5.69 Å². The van der Waals surface area contributed by atoms with Crippen LogP contribution < -0.4 is 10.2 Å². The molecule has 6 nitrogen and oxygen atoms in total. The van der Waals surface area contributed by atoms with Crippen molar-refractivity contribution < 1.29 is 9.36 Å². The molecule has 0 saturated carbocycles. The fraction of sp³-hybridized carbons (Fsp3) is 0.500.